The van der Waals surface area contributed by atoms with Gasteiger partial charge in [-0.2, -0.15) is 0 Å². The van der Waals surface area contributed by atoms with Gasteiger partial charge in [0, 0.05) is 38.2 Å². The normalized spacial score (nSPS) is 16.3. The minimum Gasteiger partial charge on any atom is -0.355 e. The molecule has 0 saturated carbocycles. The Balaban J connectivity index is 1.34. The third-order valence-electron chi connectivity index (χ3n) is 5.94. The largest absolute Gasteiger partial charge is 0.355 e. The molecule has 1 atom stereocenters. The number of nitrogens with zero attached hydrogens (tertiary/aromatic N) is 3. The number of hydrogen-bond acceptors (Lipinski definition) is 3. The van der Waals surface area contributed by atoms with Gasteiger partial charge in [-0.15, -0.1) is 0 Å². The quantitative estimate of drug-likeness (QED) is 0.570. The number of imidazole rings is 1. The lowest BCUT2D eigenvalue weighted by Crippen LogP contribution is -2.45. The first-order valence-corrected chi connectivity index (χ1v) is 11.7. The predicted molar refractivity (Wildman–Crippen MR) is 127 cm³/mol. The van der Waals surface area contributed by atoms with Gasteiger partial charge in [0.25, 0.3) is 5.91 Å². The maximum atomic E-state index is 12.9. The average Bonchev–Trinajstić information content (AvgIpc) is 3.17. The molecule has 2 amide bonds. The van der Waals surface area contributed by atoms with E-state index in [1.165, 1.54) is 0 Å². The van der Waals surface area contributed by atoms with Crippen molar-refractivity contribution in [3.63, 3.8) is 0 Å². The molecular weight excluding hydrogens is 447 g/mol. The van der Waals surface area contributed by atoms with Crippen molar-refractivity contribution in [3.8, 4) is 0 Å². The molecule has 1 aliphatic heterocycles. The number of rotatable bonds is 6. The third-order valence-corrected chi connectivity index (χ3v) is 6.68. The zero-order valence-corrected chi connectivity index (χ0v) is 19.5. The van der Waals surface area contributed by atoms with Gasteiger partial charge in [-0.1, -0.05) is 35.3 Å². The second kappa shape index (κ2) is 9.92. The summed E-state index contributed by atoms with van der Waals surface area (Å²) in [4.78, 5) is 32.1. The van der Waals surface area contributed by atoms with Crippen LogP contribution in [0.4, 0.5) is 0 Å². The Kier molecular flexibility index (Phi) is 7.01. The van der Waals surface area contributed by atoms with Crippen molar-refractivity contribution >= 4 is 46.0 Å². The number of halogens is 2. The molecule has 1 aliphatic rings. The number of amides is 2. The summed E-state index contributed by atoms with van der Waals surface area (Å²) in [7, 11) is 0. The fourth-order valence-corrected chi connectivity index (χ4v) is 4.60. The Morgan fingerprint density at radius 3 is 2.75 bits per heavy atom. The van der Waals surface area contributed by atoms with Crippen LogP contribution in [0.2, 0.25) is 10.0 Å². The van der Waals surface area contributed by atoms with Gasteiger partial charge in [-0.05, 0) is 50.1 Å². The number of hydrogen-bond donors (Lipinski definition) is 1. The third kappa shape index (κ3) is 4.76. The molecule has 1 unspecified atom stereocenters. The van der Waals surface area contributed by atoms with E-state index < -0.39 is 0 Å². The summed E-state index contributed by atoms with van der Waals surface area (Å²) in [5.41, 5.74) is 2.57. The van der Waals surface area contributed by atoms with Crippen molar-refractivity contribution in [2.45, 2.75) is 32.7 Å². The van der Waals surface area contributed by atoms with E-state index in [0.717, 1.165) is 36.2 Å². The van der Waals surface area contributed by atoms with E-state index in [4.69, 9.17) is 28.2 Å². The number of likely N-dealkylation sites (tertiary alicyclic amines) is 1. The van der Waals surface area contributed by atoms with Crippen LogP contribution < -0.4 is 5.32 Å². The van der Waals surface area contributed by atoms with Crippen LogP contribution in [0.15, 0.2) is 42.5 Å². The highest BCUT2D eigenvalue weighted by Gasteiger charge is 2.29. The van der Waals surface area contributed by atoms with E-state index in [0.29, 0.717) is 41.7 Å². The molecular formula is C24H26Cl2N4O2. The molecule has 2 heterocycles. The van der Waals surface area contributed by atoms with Gasteiger partial charge in [0.05, 0.1) is 27.0 Å². The molecule has 1 N–H and O–H groups in total. The Labute approximate surface area is 197 Å². The van der Waals surface area contributed by atoms with E-state index in [9.17, 15) is 9.59 Å². The van der Waals surface area contributed by atoms with Crippen LogP contribution in [0.1, 0.15) is 35.9 Å². The summed E-state index contributed by atoms with van der Waals surface area (Å²) >= 11 is 12.0. The maximum absolute atomic E-state index is 12.9. The topological polar surface area (TPSA) is 67.2 Å². The summed E-state index contributed by atoms with van der Waals surface area (Å²) < 4.78 is 2.18. The molecule has 0 bridgehead atoms. The zero-order chi connectivity index (χ0) is 22.7. The van der Waals surface area contributed by atoms with Gasteiger partial charge in [-0.25, -0.2) is 4.98 Å². The van der Waals surface area contributed by atoms with E-state index >= 15 is 0 Å². The van der Waals surface area contributed by atoms with Gasteiger partial charge in [0.15, 0.2) is 0 Å². The highest BCUT2D eigenvalue weighted by molar-refractivity contribution is 6.42. The summed E-state index contributed by atoms with van der Waals surface area (Å²) in [5, 5.41) is 3.81. The number of nitrogens with one attached hydrogen (secondary N) is 1. The SMILES string of the molecule is CCn1c(CCNC(=O)C2CCCN(C(=O)c3ccc(Cl)c(Cl)c3)C2)nc2ccccc21. The predicted octanol–water partition coefficient (Wildman–Crippen LogP) is 4.57. The van der Waals surface area contributed by atoms with Crippen LogP contribution in [0.5, 0.6) is 0 Å². The van der Waals surface area contributed by atoms with Crippen molar-refractivity contribution in [1.29, 1.82) is 0 Å². The van der Waals surface area contributed by atoms with Crippen LogP contribution >= 0.6 is 23.2 Å². The highest BCUT2D eigenvalue weighted by atomic mass is 35.5. The Bertz CT molecular complexity index is 1140. The smallest absolute Gasteiger partial charge is 0.253 e. The fourth-order valence-electron chi connectivity index (χ4n) is 4.30. The van der Waals surface area contributed by atoms with Gasteiger partial charge in [0.2, 0.25) is 5.91 Å². The van der Waals surface area contributed by atoms with Crippen molar-refractivity contribution in [2.75, 3.05) is 19.6 Å². The molecule has 4 rings (SSSR count). The van der Waals surface area contributed by atoms with Crippen LogP contribution in [0.25, 0.3) is 11.0 Å². The minimum atomic E-state index is -0.222. The molecule has 0 aliphatic carbocycles. The molecule has 8 heteroatoms. The average molecular weight is 473 g/mol. The number of aromatic nitrogens is 2. The second-order valence-electron chi connectivity index (χ2n) is 8.02. The van der Waals surface area contributed by atoms with E-state index in [1.807, 2.05) is 18.2 Å². The van der Waals surface area contributed by atoms with Crippen LogP contribution in [-0.4, -0.2) is 45.9 Å². The Morgan fingerprint density at radius 2 is 1.97 bits per heavy atom. The van der Waals surface area contributed by atoms with Gasteiger partial charge >= 0.3 is 0 Å². The molecule has 168 valence electrons. The van der Waals surface area contributed by atoms with Gasteiger partial charge < -0.3 is 14.8 Å². The van der Waals surface area contributed by atoms with Gasteiger partial charge in [0.1, 0.15) is 5.82 Å². The highest BCUT2D eigenvalue weighted by Crippen LogP contribution is 2.25. The molecule has 0 radical (unpaired) electrons. The van der Waals surface area contributed by atoms with Crippen LogP contribution in [0.3, 0.4) is 0 Å². The standard InChI is InChI=1S/C24H26Cl2N4O2/c1-2-30-21-8-4-3-7-20(21)28-22(30)11-12-27-23(31)17-6-5-13-29(15-17)24(32)16-9-10-18(25)19(26)14-16/h3-4,7-10,14,17H,2,5-6,11-13,15H2,1H3,(H,27,31). The summed E-state index contributed by atoms with van der Waals surface area (Å²) in [6.45, 7) is 4.47. The molecule has 2 aromatic carbocycles. The van der Waals surface area contributed by atoms with Crippen molar-refractivity contribution < 1.29 is 9.59 Å². The number of carbonyl (C=O) groups is 2. The number of fused-ring (bicyclic) bond motifs is 1. The number of para-hydroxylation sites is 2. The fraction of sp³-hybridized carbons (Fsp3) is 0.375. The first-order chi connectivity index (χ1) is 15.5. The monoisotopic (exact) mass is 472 g/mol. The zero-order valence-electron chi connectivity index (χ0n) is 18.0. The number of aryl methyl sites for hydroxylation is 1. The van der Waals surface area contributed by atoms with Crippen molar-refractivity contribution in [3.05, 3.63) is 63.9 Å². The first kappa shape index (κ1) is 22.6. The van der Waals surface area contributed by atoms with Gasteiger partial charge in [-0.3, -0.25) is 9.59 Å². The lowest BCUT2D eigenvalue weighted by molar-refractivity contribution is -0.126. The summed E-state index contributed by atoms with van der Waals surface area (Å²) in [5.74, 6) is 0.600. The molecule has 1 saturated heterocycles. The number of carbonyl (C=O) groups excluding carboxylic acids is 2. The second-order valence-corrected chi connectivity index (χ2v) is 8.84. The molecule has 3 aromatic rings. The molecule has 1 fully saturated rings. The van der Waals surface area contributed by atoms with E-state index in [1.54, 1.807) is 23.1 Å². The lowest BCUT2D eigenvalue weighted by Gasteiger charge is -2.32. The van der Waals surface area contributed by atoms with Crippen molar-refractivity contribution in [1.82, 2.24) is 19.8 Å². The summed E-state index contributed by atoms with van der Waals surface area (Å²) in [6.07, 6.45) is 2.22. The lowest BCUT2D eigenvalue weighted by atomic mass is 9.96. The van der Waals surface area contributed by atoms with Crippen LogP contribution in [0, 0.1) is 5.92 Å². The summed E-state index contributed by atoms with van der Waals surface area (Å²) in [6, 6.07) is 12.9. The van der Waals surface area contributed by atoms with E-state index in [2.05, 4.69) is 22.9 Å². The maximum Gasteiger partial charge on any atom is 0.253 e. The van der Waals surface area contributed by atoms with E-state index in [-0.39, 0.29) is 17.7 Å². The number of benzene rings is 2. The van der Waals surface area contributed by atoms with Crippen molar-refractivity contribution in [2.24, 2.45) is 5.92 Å². The van der Waals surface area contributed by atoms with Crippen LogP contribution in [-0.2, 0) is 17.8 Å². The minimum absolute atomic E-state index is 0.0178. The Morgan fingerprint density at radius 1 is 1.16 bits per heavy atom. The molecule has 32 heavy (non-hydrogen) atoms. The Hall–Kier alpha value is -2.57. The number of piperidine rings is 1. The molecule has 1 aromatic heterocycles. The molecule has 0 spiro atoms. The first-order valence-electron chi connectivity index (χ1n) is 10.9. The molecule has 6 nitrogen and oxygen atoms in total.